The molecule has 20 heavy (non-hydrogen) atoms. The van der Waals surface area contributed by atoms with Crippen LogP contribution in [0.3, 0.4) is 0 Å². The minimum atomic E-state index is -0.918. The summed E-state index contributed by atoms with van der Waals surface area (Å²) in [5.41, 5.74) is -0.0543. The molecule has 0 bridgehead atoms. The third kappa shape index (κ3) is 2.70. The van der Waals surface area contributed by atoms with E-state index in [0.717, 1.165) is 25.5 Å². The fourth-order valence-electron chi connectivity index (χ4n) is 2.81. The summed E-state index contributed by atoms with van der Waals surface area (Å²) in [6.45, 7) is 7.18. The Hall–Kier alpha value is -0.680. The van der Waals surface area contributed by atoms with Gasteiger partial charge in [0.1, 0.15) is 6.10 Å². The van der Waals surface area contributed by atoms with E-state index in [0.29, 0.717) is 10.5 Å². The molecule has 0 radical (unpaired) electrons. The van der Waals surface area contributed by atoms with Gasteiger partial charge in [-0.05, 0) is 25.1 Å². The second-order valence-corrected chi connectivity index (χ2v) is 6.43. The first kappa shape index (κ1) is 15.7. The first-order valence-corrected chi connectivity index (χ1v) is 7.76. The van der Waals surface area contributed by atoms with Crippen molar-refractivity contribution in [3.8, 4) is 5.75 Å². The zero-order valence-corrected chi connectivity index (χ0v) is 13.6. The number of halogens is 3. The second kappa shape index (κ2) is 5.98. The molecule has 1 aromatic carbocycles. The molecule has 1 fully saturated rings. The zero-order chi connectivity index (χ0) is 14.9. The Morgan fingerprint density at radius 1 is 1.40 bits per heavy atom. The van der Waals surface area contributed by atoms with Crippen LogP contribution in [0.4, 0.5) is 8.78 Å². The van der Waals surface area contributed by atoms with Gasteiger partial charge in [-0.3, -0.25) is 0 Å². The molecule has 0 saturated heterocycles. The molecule has 1 aliphatic rings. The van der Waals surface area contributed by atoms with Gasteiger partial charge in [-0.1, -0.05) is 36.7 Å². The summed E-state index contributed by atoms with van der Waals surface area (Å²) in [7, 11) is 0. The maximum Gasteiger partial charge on any atom is 0.200 e. The highest BCUT2D eigenvalue weighted by molar-refractivity contribution is 9.10. The number of benzene rings is 1. The normalized spacial score (nSPS) is 29.1. The molecule has 0 heterocycles. The number of nitrogens with one attached hydrogen (secondary N) is 1. The summed E-state index contributed by atoms with van der Waals surface area (Å²) in [4.78, 5) is 0. The Morgan fingerprint density at radius 3 is 2.70 bits per heavy atom. The number of rotatable bonds is 5. The van der Waals surface area contributed by atoms with Crippen molar-refractivity contribution in [2.45, 2.75) is 45.8 Å². The Labute approximate surface area is 127 Å². The summed E-state index contributed by atoms with van der Waals surface area (Å²) >= 11 is 3.16. The molecule has 5 heteroatoms. The van der Waals surface area contributed by atoms with Gasteiger partial charge in [-0.25, -0.2) is 4.39 Å². The van der Waals surface area contributed by atoms with Gasteiger partial charge in [0, 0.05) is 22.4 Å². The van der Waals surface area contributed by atoms with Gasteiger partial charge in [-0.15, -0.1) is 0 Å². The molecule has 0 aromatic heterocycles. The third-order valence-electron chi connectivity index (χ3n) is 4.42. The van der Waals surface area contributed by atoms with Gasteiger partial charge in [-0.2, -0.15) is 4.39 Å². The Balaban J connectivity index is 2.15. The Morgan fingerprint density at radius 2 is 2.10 bits per heavy atom. The molecular formula is C15H20BrF2NO. The molecule has 1 saturated carbocycles. The summed E-state index contributed by atoms with van der Waals surface area (Å²) in [6.07, 6.45) is 1.64. The molecule has 2 nitrogen and oxygen atoms in total. The van der Waals surface area contributed by atoms with Crippen molar-refractivity contribution in [2.24, 2.45) is 5.41 Å². The van der Waals surface area contributed by atoms with Crippen LogP contribution in [0, 0.1) is 17.0 Å². The summed E-state index contributed by atoms with van der Waals surface area (Å²) in [5, 5.41) is 3.42. The van der Waals surface area contributed by atoms with E-state index in [2.05, 4.69) is 42.0 Å². The minimum absolute atomic E-state index is 0.0171. The van der Waals surface area contributed by atoms with E-state index in [-0.39, 0.29) is 17.3 Å². The lowest BCUT2D eigenvalue weighted by molar-refractivity contribution is -0.0714. The lowest BCUT2D eigenvalue weighted by atomic mass is 9.61. The van der Waals surface area contributed by atoms with E-state index >= 15 is 0 Å². The molecule has 1 N–H and O–H groups in total. The minimum Gasteiger partial charge on any atom is -0.487 e. The average Bonchev–Trinajstić information content (AvgIpc) is 2.41. The van der Waals surface area contributed by atoms with Crippen LogP contribution in [0.15, 0.2) is 16.6 Å². The van der Waals surface area contributed by atoms with E-state index in [4.69, 9.17) is 4.74 Å². The van der Waals surface area contributed by atoms with Crippen LogP contribution in [-0.4, -0.2) is 18.7 Å². The standard InChI is InChI=1S/C15H20BrF2NO/c1-4-15(3)12(19-5-2)8-13(15)20-11-7-9(16)6-10(17)14(11)18/h6-7,12-13,19H,4-5,8H2,1-3H3. The average molecular weight is 348 g/mol. The maximum absolute atomic E-state index is 13.8. The van der Waals surface area contributed by atoms with E-state index < -0.39 is 11.6 Å². The molecule has 2 rings (SSSR count). The molecule has 0 amide bonds. The molecule has 3 unspecified atom stereocenters. The Kier molecular flexibility index (Phi) is 4.69. The van der Waals surface area contributed by atoms with Gasteiger partial charge in [0.25, 0.3) is 0 Å². The lowest BCUT2D eigenvalue weighted by Crippen LogP contribution is -2.63. The highest BCUT2D eigenvalue weighted by atomic mass is 79.9. The van der Waals surface area contributed by atoms with Crippen LogP contribution in [-0.2, 0) is 0 Å². The van der Waals surface area contributed by atoms with Crippen molar-refractivity contribution >= 4 is 15.9 Å². The number of ether oxygens (including phenoxy) is 1. The van der Waals surface area contributed by atoms with Crippen molar-refractivity contribution in [1.82, 2.24) is 5.32 Å². The molecule has 3 atom stereocenters. The van der Waals surface area contributed by atoms with Crippen LogP contribution in [0.25, 0.3) is 0 Å². The van der Waals surface area contributed by atoms with Gasteiger partial charge in [0.05, 0.1) is 0 Å². The molecule has 0 spiro atoms. The van der Waals surface area contributed by atoms with Crippen molar-refractivity contribution in [2.75, 3.05) is 6.54 Å². The van der Waals surface area contributed by atoms with Crippen LogP contribution >= 0.6 is 15.9 Å². The molecule has 112 valence electrons. The predicted octanol–water partition coefficient (Wildman–Crippen LogP) is 4.27. The fraction of sp³-hybridized carbons (Fsp3) is 0.600. The number of hydrogen-bond acceptors (Lipinski definition) is 2. The summed E-state index contributed by atoms with van der Waals surface area (Å²) in [5.74, 6) is -1.83. The van der Waals surface area contributed by atoms with Crippen molar-refractivity contribution in [3.05, 3.63) is 28.2 Å². The van der Waals surface area contributed by atoms with E-state index in [1.165, 1.54) is 6.07 Å². The van der Waals surface area contributed by atoms with E-state index in [1.54, 1.807) is 0 Å². The van der Waals surface area contributed by atoms with E-state index in [1.807, 2.05) is 0 Å². The quantitative estimate of drug-likeness (QED) is 0.803. The van der Waals surface area contributed by atoms with Crippen LogP contribution in [0.1, 0.15) is 33.6 Å². The monoisotopic (exact) mass is 347 g/mol. The van der Waals surface area contributed by atoms with Crippen LogP contribution < -0.4 is 10.1 Å². The largest absolute Gasteiger partial charge is 0.487 e. The van der Waals surface area contributed by atoms with Crippen molar-refractivity contribution in [3.63, 3.8) is 0 Å². The summed E-state index contributed by atoms with van der Waals surface area (Å²) < 4.78 is 33.4. The molecular weight excluding hydrogens is 328 g/mol. The smallest absolute Gasteiger partial charge is 0.200 e. The number of hydrogen-bond donors (Lipinski definition) is 1. The van der Waals surface area contributed by atoms with E-state index in [9.17, 15) is 8.78 Å². The molecule has 1 aromatic rings. The van der Waals surface area contributed by atoms with Gasteiger partial charge < -0.3 is 10.1 Å². The molecule has 0 aliphatic heterocycles. The third-order valence-corrected chi connectivity index (χ3v) is 4.88. The first-order chi connectivity index (χ1) is 9.42. The van der Waals surface area contributed by atoms with Gasteiger partial charge in [0.15, 0.2) is 11.6 Å². The van der Waals surface area contributed by atoms with Crippen LogP contribution in [0.5, 0.6) is 5.75 Å². The SMILES string of the molecule is CCNC1CC(Oc2cc(Br)cc(F)c2F)C1(C)CC. The Bertz CT molecular complexity index is 497. The fourth-order valence-corrected chi connectivity index (χ4v) is 3.22. The second-order valence-electron chi connectivity index (χ2n) is 5.51. The topological polar surface area (TPSA) is 21.3 Å². The predicted molar refractivity (Wildman–Crippen MR) is 79.0 cm³/mol. The summed E-state index contributed by atoms with van der Waals surface area (Å²) in [6, 6.07) is 2.95. The van der Waals surface area contributed by atoms with Crippen molar-refractivity contribution in [1.29, 1.82) is 0 Å². The van der Waals surface area contributed by atoms with Gasteiger partial charge >= 0.3 is 0 Å². The van der Waals surface area contributed by atoms with Crippen LogP contribution in [0.2, 0.25) is 0 Å². The first-order valence-electron chi connectivity index (χ1n) is 6.97. The lowest BCUT2D eigenvalue weighted by Gasteiger charge is -2.53. The zero-order valence-electron chi connectivity index (χ0n) is 12.0. The highest BCUT2D eigenvalue weighted by Crippen LogP contribution is 2.46. The maximum atomic E-state index is 13.8. The highest BCUT2D eigenvalue weighted by Gasteiger charge is 2.51. The van der Waals surface area contributed by atoms with Crippen molar-refractivity contribution < 1.29 is 13.5 Å². The van der Waals surface area contributed by atoms with Gasteiger partial charge in [0.2, 0.25) is 5.82 Å². The molecule has 1 aliphatic carbocycles.